The zero-order valence-electron chi connectivity index (χ0n) is 15.3. The van der Waals surface area contributed by atoms with Crippen molar-refractivity contribution in [3.63, 3.8) is 0 Å². The molecule has 2 amide bonds. The summed E-state index contributed by atoms with van der Waals surface area (Å²) in [5.74, 6) is 0.604. The monoisotopic (exact) mass is 423 g/mol. The molecule has 0 atom stereocenters. The van der Waals surface area contributed by atoms with Crippen molar-refractivity contribution >= 4 is 34.5 Å². The number of pyridine rings is 1. The number of amides is 2. The first kappa shape index (κ1) is 20.5. The Hall–Kier alpha value is -2.20. The largest absolute Gasteiger partial charge is 0.323 e. The maximum Gasteiger partial charge on any atom is 0.323 e. The van der Waals surface area contributed by atoms with Crippen molar-refractivity contribution in [2.45, 2.75) is 32.0 Å². The Morgan fingerprint density at radius 1 is 1.25 bits per heavy atom. The molecular weight excluding hydrogens is 402 g/mol. The van der Waals surface area contributed by atoms with Gasteiger partial charge in [-0.15, -0.1) is 12.4 Å². The van der Waals surface area contributed by atoms with Crippen LogP contribution >= 0.6 is 12.4 Å². The summed E-state index contributed by atoms with van der Waals surface area (Å²) in [7, 11) is -2.27. The lowest BCUT2D eigenvalue weighted by Gasteiger charge is -2.30. The standard InChI is InChI=1S/C18H21N5O3S.ClH/c1-22(27(19,25)26)10-12-2-4-13(5-3-12)15-8-9-20-17-16(15)11-23(14-6-7-14)18(24)21-17;/h2-5,8-9,14H,6-7,10-11H2,1H3,(H2,19,25,26)(H,20,21,24);1H. The number of rotatable bonds is 5. The van der Waals surface area contributed by atoms with E-state index in [2.05, 4.69) is 10.3 Å². The van der Waals surface area contributed by atoms with Crippen LogP contribution in [0.4, 0.5) is 10.6 Å². The van der Waals surface area contributed by atoms with E-state index in [4.69, 9.17) is 5.14 Å². The summed E-state index contributed by atoms with van der Waals surface area (Å²) in [5, 5.41) is 8.01. The van der Waals surface area contributed by atoms with Crippen LogP contribution in [-0.2, 0) is 23.3 Å². The topological polar surface area (TPSA) is 109 Å². The summed E-state index contributed by atoms with van der Waals surface area (Å²) in [6.07, 6.45) is 3.78. The van der Waals surface area contributed by atoms with E-state index >= 15 is 0 Å². The van der Waals surface area contributed by atoms with Gasteiger partial charge in [0.25, 0.3) is 10.2 Å². The van der Waals surface area contributed by atoms with Gasteiger partial charge in [0.1, 0.15) is 5.82 Å². The van der Waals surface area contributed by atoms with Crippen molar-refractivity contribution in [2.75, 3.05) is 12.4 Å². The Morgan fingerprint density at radius 2 is 1.93 bits per heavy atom. The minimum Gasteiger partial charge on any atom is -0.317 e. The van der Waals surface area contributed by atoms with E-state index in [1.54, 1.807) is 6.20 Å². The van der Waals surface area contributed by atoms with E-state index in [0.29, 0.717) is 18.4 Å². The van der Waals surface area contributed by atoms with Crippen molar-refractivity contribution in [2.24, 2.45) is 5.14 Å². The molecule has 4 rings (SSSR count). The van der Waals surface area contributed by atoms with Crippen LogP contribution in [0.5, 0.6) is 0 Å². The zero-order valence-corrected chi connectivity index (χ0v) is 17.0. The molecule has 0 saturated heterocycles. The third kappa shape index (κ3) is 4.12. The van der Waals surface area contributed by atoms with E-state index in [1.165, 1.54) is 7.05 Å². The number of hydrogen-bond donors (Lipinski definition) is 2. The van der Waals surface area contributed by atoms with E-state index < -0.39 is 10.2 Å². The van der Waals surface area contributed by atoms with Crippen molar-refractivity contribution in [1.82, 2.24) is 14.2 Å². The van der Waals surface area contributed by atoms with Gasteiger partial charge in [-0.1, -0.05) is 24.3 Å². The molecule has 3 N–H and O–H groups in total. The highest BCUT2D eigenvalue weighted by molar-refractivity contribution is 7.86. The molecule has 0 bridgehead atoms. The molecule has 1 fully saturated rings. The van der Waals surface area contributed by atoms with Crippen LogP contribution in [0.1, 0.15) is 24.0 Å². The summed E-state index contributed by atoms with van der Waals surface area (Å²) >= 11 is 0. The lowest BCUT2D eigenvalue weighted by atomic mass is 9.98. The fourth-order valence-corrected chi connectivity index (χ4v) is 3.59. The Bertz CT molecular complexity index is 993. The maximum absolute atomic E-state index is 12.2. The van der Waals surface area contributed by atoms with Gasteiger partial charge >= 0.3 is 6.03 Å². The van der Waals surface area contributed by atoms with E-state index in [9.17, 15) is 13.2 Å². The van der Waals surface area contributed by atoms with Crippen molar-refractivity contribution in [3.8, 4) is 11.1 Å². The van der Waals surface area contributed by atoms with Gasteiger partial charge in [-0.05, 0) is 35.6 Å². The highest BCUT2D eigenvalue weighted by Gasteiger charge is 2.36. The molecule has 0 unspecified atom stereocenters. The molecule has 2 aliphatic rings. The first-order valence-corrected chi connectivity index (χ1v) is 10.2. The smallest absolute Gasteiger partial charge is 0.317 e. The van der Waals surface area contributed by atoms with Crippen LogP contribution in [0.2, 0.25) is 0 Å². The van der Waals surface area contributed by atoms with Crippen LogP contribution in [0, 0.1) is 0 Å². The number of benzene rings is 1. The fraction of sp³-hybridized carbons (Fsp3) is 0.333. The Balaban J connectivity index is 0.00000225. The number of carbonyl (C=O) groups excluding carboxylic acids is 1. The molecule has 8 nitrogen and oxygen atoms in total. The number of hydrogen-bond acceptors (Lipinski definition) is 4. The number of nitrogens with zero attached hydrogens (tertiary/aromatic N) is 3. The second-order valence-electron chi connectivity index (χ2n) is 6.97. The number of anilines is 1. The van der Waals surface area contributed by atoms with Gasteiger partial charge in [-0.25, -0.2) is 14.9 Å². The van der Waals surface area contributed by atoms with Gasteiger partial charge in [0.05, 0.1) is 6.54 Å². The zero-order chi connectivity index (χ0) is 19.2. The molecule has 1 saturated carbocycles. The van der Waals surface area contributed by atoms with Gasteiger partial charge in [0.15, 0.2) is 0 Å². The normalized spacial score (nSPS) is 16.4. The lowest BCUT2D eigenvalue weighted by Crippen LogP contribution is -2.40. The average molecular weight is 424 g/mol. The Morgan fingerprint density at radius 3 is 2.54 bits per heavy atom. The Labute approximate surface area is 170 Å². The van der Waals surface area contributed by atoms with E-state index in [-0.39, 0.29) is 25.0 Å². The van der Waals surface area contributed by atoms with Gasteiger partial charge in [0.2, 0.25) is 0 Å². The molecule has 0 spiro atoms. The Kier molecular flexibility index (Phi) is 5.62. The average Bonchev–Trinajstić information content (AvgIpc) is 3.45. The summed E-state index contributed by atoms with van der Waals surface area (Å²) < 4.78 is 23.8. The minimum absolute atomic E-state index is 0. The van der Waals surface area contributed by atoms with Gasteiger partial charge < -0.3 is 4.90 Å². The summed E-state index contributed by atoms with van der Waals surface area (Å²) in [5.41, 5.74) is 3.84. The fourth-order valence-electron chi connectivity index (χ4n) is 3.26. The number of nitrogens with one attached hydrogen (secondary N) is 1. The SMILES string of the molecule is CN(Cc1ccc(-c2ccnc3c2CN(C2CC2)C(=O)N3)cc1)S(N)(=O)=O.Cl. The van der Waals surface area contributed by atoms with Gasteiger partial charge in [0, 0.05) is 31.4 Å². The molecule has 10 heteroatoms. The van der Waals surface area contributed by atoms with E-state index in [0.717, 1.165) is 39.4 Å². The second kappa shape index (κ2) is 7.67. The molecule has 0 radical (unpaired) electrons. The molecule has 2 aromatic rings. The van der Waals surface area contributed by atoms with Crippen LogP contribution < -0.4 is 10.5 Å². The van der Waals surface area contributed by atoms with Crippen molar-refractivity contribution in [3.05, 3.63) is 47.7 Å². The molecule has 28 heavy (non-hydrogen) atoms. The third-order valence-corrected chi connectivity index (χ3v) is 5.96. The minimum atomic E-state index is -3.71. The molecule has 1 aliphatic heterocycles. The van der Waals surface area contributed by atoms with Crippen LogP contribution in [0.3, 0.4) is 0 Å². The molecular formula is C18H22ClN5O3S. The number of nitrogens with two attached hydrogens (primary N) is 1. The summed E-state index contributed by atoms with van der Waals surface area (Å²) in [6.45, 7) is 0.754. The predicted octanol–water partition coefficient (Wildman–Crippen LogP) is 2.32. The summed E-state index contributed by atoms with van der Waals surface area (Å²) in [4.78, 5) is 18.4. The van der Waals surface area contributed by atoms with Crippen LogP contribution in [-0.4, -0.2) is 41.7 Å². The van der Waals surface area contributed by atoms with Crippen LogP contribution in [0.15, 0.2) is 36.5 Å². The van der Waals surface area contributed by atoms with Crippen LogP contribution in [0.25, 0.3) is 11.1 Å². The highest BCUT2D eigenvalue weighted by atomic mass is 35.5. The van der Waals surface area contributed by atoms with E-state index in [1.807, 2.05) is 35.2 Å². The number of aromatic nitrogens is 1. The number of fused-ring (bicyclic) bond motifs is 1. The molecule has 1 aromatic heterocycles. The van der Waals surface area contributed by atoms with Gasteiger partial charge in [-0.3, -0.25) is 5.32 Å². The third-order valence-electron chi connectivity index (χ3n) is 4.96. The quantitative estimate of drug-likeness (QED) is 0.769. The molecule has 2 heterocycles. The molecule has 1 aromatic carbocycles. The predicted molar refractivity (Wildman–Crippen MR) is 109 cm³/mol. The number of halogens is 1. The molecule has 1 aliphatic carbocycles. The number of carbonyl (C=O) groups is 1. The van der Waals surface area contributed by atoms with Crippen molar-refractivity contribution in [1.29, 1.82) is 0 Å². The van der Waals surface area contributed by atoms with Gasteiger partial charge in [-0.2, -0.15) is 12.7 Å². The second-order valence-corrected chi connectivity index (χ2v) is 8.63. The molecule has 150 valence electrons. The van der Waals surface area contributed by atoms with Crippen molar-refractivity contribution < 1.29 is 13.2 Å². The summed E-state index contributed by atoms with van der Waals surface area (Å²) in [6, 6.07) is 9.82. The lowest BCUT2D eigenvalue weighted by molar-refractivity contribution is 0.203. The first-order valence-electron chi connectivity index (χ1n) is 8.72. The first-order chi connectivity index (χ1) is 12.8. The maximum atomic E-state index is 12.2. The number of urea groups is 1. The highest BCUT2D eigenvalue weighted by Crippen LogP contribution is 2.36.